The number of carbonyl (C=O) groups is 1. The zero-order chi connectivity index (χ0) is 14.3. The lowest BCUT2D eigenvalue weighted by molar-refractivity contribution is -0.141. The zero-order valence-corrected chi connectivity index (χ0v) is 10.3. The molecule has 1 amide bonds. The number of rotatable bonds is 6. The molecule has 0 saturated carbocycles. The van der Waals surface area contributed by atoms with Crippen LogP contribution in [0.5, 0.6) is 0 Å². The van der Waals surface area contributed by atoms with Crippen molar-refractivity contribution < 1.29 is 22.7 Å². The minimum Gasteiger partial charge on any atom is -0.383 e. The van der Waals surface area contributed by atoms with E-state index in [9.17, 15) is 18.0 Å². The molecule has 19 heavy (non-hydrogen) atoms. The number of halogens is 3. The fourth-order valence-electron chi connectivity index (χ4n) is 1.22. The molecule has 1 rings (SSSR count). The van der Waals surface area contributed by atoms with Crippen LogP contribution >= 0.6 is 0 Å². The van der Waals surface area contributed by atoms with E-state index in [1.165, 1.54) is 7.11 Å². The SMILES string of the molecule is COCCNCC(=O)Nc1ccc(C(F)(F)F)nc1. The smallest absolute Gasteiger partial charge is 0.383 e. The Morgan fingerprint density at radius 2 is 2.16 bits per heavy atom. The van der Waals surface area contributed by atoms with E-state index in [-0.39, 0.29) is 18.1 Å². The third-order valence-electron chi connectivity index (χ3n) is 2.11. The summed E-state index contributed by atoms with van der Waals surface area (Å²) in [4.78, 5) is 14.6. The van der Waals surface area contributed by atoms with Gasteiger partial charge in [0, 0.05) is 13.7 Å². The van der Waals surface area contributed by atoms with E-state index in [1.54, 1.807) is 0 Å². The second-order valence-corrected chi connectivity index (χ2v) is 3.65. The van der Waals surface area contributed by atoms with Gasteiger partial charge in [-0.3, -0.25) is 4.79 Å². The van der Waals surface area contributed by atoms with Crippen molar-refractivity contribution in [3.8, 4) is 0 Å². The summed E-state index contributed by atoms with van der Waals surface area (Å²) in [5.41, 5.74) is -0.782. The van der Waals surface area contributed by atoms with Crippen LogP contribution in [-0.2, 0) is 15.7 Å². The number of aromatic nitrogens is 1. The zero-order valence-electron chi connectivity index (χ0n) is 10.3. The van der Waals surface area contributed by atoms with Crippen LogP contribution in [0.25, 0.3) is 0 Å². The number of nitrogens with zero attached hydrogens (tertiary/aromatic N) is 1. The summed E-state index contributed by atoms with van der Waals surface area (Å²) >= 11 is 0. The van der Waals surface area contributed by atoms with E-state index in [4.69, 9.17) is 4.74 Å². The summed E-state index contributed by atoms with van der Waals surface area (Å²) in [5.74, 6) is -0.363. The maximum Gasteiger partial charge on any atom is 0.433 e. The number of hydrogen-bond donors (Lipinski definition) is 2. The Morgan fingerprint density at radius 3 is 2.68 bits per heavy atom. The van der Waals surface area contributed by atoms with Crippen LogP contribution in [-0.4, -0.2) is 37.7 Å². The van der Waals surface area contributed by atoms with E-state index in [0.29, 0.717) is 13.2 Å². The molecule has 5 nitrogen and oxygen atoms in total. The summed E-state index contributed by atoms with van der Waals surface area (Å²) in [7, 11) is 1.54. The molecule has 0 aliphatic rings. The van der Waals surface area contributed by atoms with Gasteiger partial charge in [-0.15, -0.1) is 0 Å². The van der Waals surface area contributed by atoms with Crippen LogP contribution in [0.4, 0.5) is 18.9 Å². The first-order valence-electron chi connectivity index (χ1n) is 5.46. The maximum atomic E-state index is 12.2. The molecule has 0 saturated heterocycles. The highest BCUT2D eigenvalue weighted by Gasteiger charge is 2.32. The molecule has 0 spiro atoms. The number of amides is 1. The molecule has 106 valence electrons. The predicted octanol–water partition coefficient (Wildman–Crippen LogP) is 1.27. The minimum atomic E-state index is -4.48. The molecule has 1 heterocycles. The number of nitrogens with one attached hydrogen (secondary N) is 2. The molecule has 0 unspecified atom stereocenters. The van der Waals surface area contributed by atoms with E-state index in [0.717, 1.165) is 18.3 Å². The molecule has 0 aromatic carbocycles. The van der Waals surface area contributed by atoms with Gasteiger partial charge in [0.2, 0.25) is 5.91 Å². The molecule has 0 aliphatic carbocycles. The van der Waals surface area contributed by atoms with Crippen LogP contribution < -0.4 is 10.6 Å². The number of ether oxygens (including phenoxy) is 1. The van der Waals surface area contributed by atoms with Gasteiger partial charge in [-0.1, -0.05) is 0 Å². The highest BCUT2D eigenvalue weighted by molar-refractivity contribution is 5.92. The highest BCUT2D eigenvalue weighted by atomic mass is 19.4. The second-order valence-electron chi connectivity index (χ2n) is 3.65. The Morgan fingerprint density at radius 1 is 1.42 bits per heavy atom. The molecule has 0 bridgehead atoms. The Balaban J connectivity index is 2.43. The Hall–Kier alpha value is -1.67. The van der Waals surface area contributed by atoms with Gasteiger partial charge in [-0.25, -0.2) is 4.98 Å². The highest BCUT2D eigenvalue weighted by Crippen LogP contribution is 2.27. The van der Waals surface area contributed by atoms with Crippen LogP contribution in [0, 0.1) is 0 Å². The number of alkyl halides is 3. The predicted molar refractivity (Wildman–Crippen MR) is 62.6 cm³/mol. The Labute approximate surface area is 108 Å². The van der Waals surface area contributed by atoms with Gasteiger partial charge in [0.1, 0.15) is 5.69 Å². The first-order valence-corrected chi connectivity index (χ1v) is 5.46. The van der Waals surface area contributed by atoms with E-state index >= 15 is 0 Å². The van der Waals surface area contributed by atoms with Crippen molar-refractivity contribution in [2.45, 2.75) is 6.18 Å². The molecule has 0 fully saturated rings. The fourth-order valence-corrected chi connectivity index (χ4v) is 1.22. The van der Waals surface area contributed by atoms with Crippen LogP contribution in [0.2, 0.25) is 0 Å². The summed E-state index contributed by atoms with van der Waals surface area (Å²) in [6.45, 7) is 1.02. The van der Waals surface area contributed by atoms with Gasteiger partial charge in [0.25, 0.3) is 0 Å². The quantitative estimate of drug-likeness (QED) is 0.769. The second kappa shape index (κ2) is 7.05. The van der Waals surface area contributed by atoms with Crippen molar-refractivity contribution in [3.05, 3.63) is 24.0 Å². The first kappa shape index (κ1) is 15.4. The number of methoxy groups -OCH3 is 1. The van der Waals surface area contributed by atoms with Gasteiger partial charge >= 0.3 is 6.18 Å². The van der Waals surface area contributed by atoms with Crippen molar-refractivity contribution in [2.75, 3.05) is 32.1 Å². The van der Waals surface area contributed by atoms with Crippen LogP contribution in [0.3, 0.4) is 0 Å². The largest absolute Gasteiger partial charge is 0.433 e. The molecular formula is C11H14F3N3O2. The Bertz CT molecular complexity index is 407. The van der Waals surface area contributed by atoms with E-state index < -0.39 is 11.9 Å². The van der Waals surface area contributed by atoms with Gasteiger partial charge < -0.3 is 15.4 Å². The standard InChI is InChI=1S/C11H14F3N3O2/c1-19-5-4-15-7-10(18)17-8-2-3-9(16-6-8)11(12,13)14/h2-3,6,15H,4-5,7H2,1H3,(H,17,18). The Kier molecular flexibility index (Phi) is 5.71. The van der Waals surface area contributed by atoms with Crippen LogP contribution in [0.15, 0.2) is 18.3 Å². The van der Waals surface area contributed by atoms with Crippen molar-refractivity contribution in [1.29, 1.82) is 0 Å². The molecule has 0 aliphatic heterocycles. The number of hydrogen-bond acceptors (Lipinski definition) is 4. The molecule has 0 radical (unpaired) electrons. The van der Waals surface area contributed by atoms with Crippen molar-refractivity contribution in [3.63, 3.8) is 0 Å². The van der Waals surface area contributed by atoms with Crippen LogP contribution in [0.1, 0.15) is 5.69 Å². The van der Waals surface area contributed by atoms with Crippen molar-refractivity contribution >= 4 is 11.6 Å². The summed E-state index contributed by atoms with van der Waals surface area (Å²) in [6, 6.07) is 1.97. The first-order chi connectivity index (χ1) is 8.93. The summed E-state index contributed by atoms with van der Waals surface area (Å²) in [6.07, 6.45) is -3.51. The monoisotopic (exact) mass is 277 g/mol. The average Bonchev–Trinajstić information content (AvgIpc) is 2.34. The normalized spacial score (nSPS) is 11.4. The summed E-state index contributed by atoms with van der Waals surface area (Å²) < 4.78 is 41.5. The van der Waals surface area contributed by atoms with Gasteiger partial charge in [-0.2, -0.15) is 13.2 Å². The lowest BCUT2D eigenvalue weighted by Gasteiger charge is -2.08. The minimum absolute atomic E-state index is 0.0460. The maximum absolute atomic E-state index is 12.2. The van der Waals surface area contributed by atoms with Crippen molar-refractivity contribution in [1.82, 2.24) is 10.3 Å². The van der Waals surface area contributed by atoms with Gasteiger partial charge in [0.15, 0.2) is 0 Å². The van der Waals surface area contributed by atoms with Gasteiger partial charge in [-0.05, 0) is 12.1 Å². The molecule has 2 N–H and O–H groups in total. The van der Waals surface area contributed by atoms with Gasteiger partial charge in [0.05, 0.1) is 25.0 Å². The lowest BCUT2D eigenvalue weighted by atomic mass is 10.3. The third kappa shape index (κ3) is 5.66. The number of pyridine rings is 1. The molecule has 1 aromatic heterocycles. The average molecular weight is 277 g/mol. The molecule has 1 aromatic rings. The third-order valence-corrected chi connectivity index (χ3v) is 2.11. The fraction of sp³-hybridized carbons (Fsp3) is 0.455. The van der Waals surface area contributed by atoms with E-state index in [1.807, 2.05) is 0 Å². The van der Waals surface area contributed by atoms with Crippen molar-refractivity contribution in [2.24, 2.45) is 0 Å². The summed E-state index contributed by atoms with van der Waals surface area (Å²) in [5, 5.41) is 5.23. The molecule has 8 heteroatoms. The van der Waals surface area contributed by atoms with E-state index in [2.05, 4.69) is 15.6 Å². The lowest BCUT2D eigenvalue weighted by Crippen LogP contribution is -2.30. The number of carbonyl (C=O) groups excluding carboxylic acids is 1. The molecular weight excluding hydrogens is 263 g/mol. The topological polar surface area (TPSA) is 63.2 Å². The molecule has 0 atom stereocenters. The number of anilines is 1.